The second-order valence-electron chi connectivity index (χ2n) is 5.66. The third-order valence-electron chi connectivity index (χ3n) is 4.18. The van der Waals surface area contributed by atoms with E-state index in [-0.39, 0.29) is 5.92 Å². The maximum atomic E-state index is 12.5. The summed E-state index contributed by atoms with van der Waals surface area (Å²) in [5.41, 5.74) is 1.79. The fourth-order valence-electron chi connectivity index (χ4n) is 2.97. The molecule has 0 unspecified atom stereocenters. The van der Waals surface area contributed by atoms with Crippen LogP contribution < -0.4 is 0 Å². The summed E-state index contributed by atoms with van der Waals surface area (Å²) in [6.07, 6.45) is 8.81. The van der Waals surface area contributed by atoms with Gasteiger partial charge in [0.1, 0.15) is 10.9 Å². The lowest BCUT2D eigenvalue weighted by atomic mass is 9.86. The molecule has 0 spiro atoms. The molecule has 106 valence electrons. The molecule has 0 N–H and O–H groups in total. The summed E-state index contributed by atoms with van der Waals surface area (Å²) < 4.78 is 1.65. The van der Waals surface area contributed by atoms with Crippen LogP contribution in [0.15, 0.2) is 0 Å². The molecule has 0 atom stereocenters. The number of Topliss-reactive ketones (excluding diaryl/α,β-unsaturated/α-hetero) is 1. The van der Waals surface area contributed by atoms with E-state index in [9.17, 15) is 4.79 Å². The van der Waals surface area contributed by atoms with Crippen LogP contribution in [0.25, 0.3) is 0 Å². The SMILES string of the molecule is Cc1nn(C)c(Cl)c1CC(=O)C1CCCCCCC1. The third kappa shape index (κ3) is 3.59. The molecule has 0 saturated heterocycles. The first-order valence-corrected chi connectivity index (χ1v) is 7.68. The number of ketones is 1. The number of aryl methyl sites for hydroxylation is 2. The van der Waals surface area contributed by atoms with Crippen LogP contribution in [0.4, 0.5) is 0 Å². The molecule has 0 amide bonds. The second kappa shape index (κ2) is 6.56. The largest absolute Gasteiger partial charge is 0.299 e. The lowest BCUT2D eigenvalue weighted by Gasteiger charge is -2.18. The fourth-order valence-corrected chi connectivity index (χ4v) is 3.21. The van der Waals surface area contributed by atoms with Gasteiger partial charge >= 0.3 is 0 Å². The summed E-state index contributed by atoms with van der Waals surface area (Å²) >= 11 is 6.20. The van der Waals surface area contributed by atoms with Gasteiger partial charge in [0.15, 0.2) is 0 Å². The average molecular weight is 283 g/mol. The van der Waals surface area contributed by atoms with Gasteiger partial charge in [0, 0.05) is 24.9 Å². The highest BCUT2D eigenvalue weighted by Gasteiger charge is 2.22. The van der Waals surface area contributed by atoms with Gasteiger partial charge in [0.05, 0.1) is 5.69 Å². The second-order valence-corrected chi connectivity index (χ2v) is 6.02. The highest BCUT2D eigenvalue weighted by Crippen LogP contribution is 2.26. The van der Waals surface area contributed by atoms with Crippen molar-refractivity contribution in [1.29, 1.82) is 0 Å². The van der Waals surface area contributed by atoms with Crippen molar-refractivity contribution in [3.63, 3.8) is 0 Å². The summed E-state index contributed by atoms with van der Waals surface area (Å²) in [5, 5.41) is 4.88. The maximum Gasteiger partial charge on any atom is 0.140 e. The van der Waals surface area contributed by atoms with Crippen molar-refractivity contribution in [2.45, 2.75) is 58.3 Å². The Morgan fingerprint density at radius 3 is 2.37 bits per heavy atom. The molecule has 0 aromatic carbocycles. The molecule has 0 radical (unpaired) electrons. The van der Waals surface area contributed by atoms with Gasteiger partial charge in [-0.3, -0.25) is 9.48 Å². The molecular weight excluding hydrogens is 260 g/mol. The molecule has 0 bridgehead atoms. The van der Waals surface area contributed by atoms with Gasteiger partial charge in [-0.1, -0.05) is 43.7 Å². The van der Waals surface area contributed by atoms with Crippen molar-refractivity contribution in [1.82, 2.24) is 9.78 Å². The Kier molecular flexibility index (Phi) is 5.03. The molecular formula is C15H23ClN2O. The highest BCUT2D eigenvalue weighted by molar-refractivity contribution is 6.30. The molecule has 1 saturated carbocycles. The van der Waals surface area contributed by atoms with E-state index >= 15 is 0 Å². The smallest absolute Gasteiger partial charge is 0.140 e. The maximum absolute atomic E-state index is 12.5. The zero-order valence-electron chi connectivity index (χ0n) is 11.9. The van der Waals surface area contributed by atoms with Crippen LogP contribution in [0.1, 0.15) is 56.2 Å². The van der Waals surface area contributed by atoms with Crippen LogP contribution in [0.2, 0.25) is 5.15 Å². The van der Waals surface area contributed by atoms with Crippen molar-refractivity contribution in [2.24, 2.45) is 13.0 Å². The average Bonchev–Trinajstić information content (AvgIpc) is 2.55. The number of hydrogen-bond donors (Lipinski definition) is 0. The Balaban J connectivity index is 2.02. The van der Waals surface area contributed by atoms with Crippen LogP contribution in [-0.4, -0.2) is 15.6 Å². The summed E-state index contributed by atoms with van der Waals surface area (Å²) in [7, 11) is 1.82. The topological polar surface area (TPSA) is 34.9 Å². The Labute approximate surface area is 120 Å². The van der Waals surface area contributed by atoms with Crippen LogP contribution in [0.5, 0.6) is 0 Å². The number of hydrogen-bond acceptors (Lipinski definition) is 2. The molecule has 1 aromatic rings. The zero-order chi connectivity index (χ0) is 13.8. The van der Waals surface area contributed by atoms with E-state index in [1.807, 2.05) is 14.0 Å². The first kappa shape index (κ1) is 14.6. The standard InChI is InChI=1S/C15H23ClN2O/c1-11-13(15(16)18(2)17-11)10-14(19)12-8-6-4-3-5-7-9-12/h12H,3-10H2,1-2H3. The number of halogens is 1. The molecule has 0 aliphatic heterocycles. The van der Waals surface area contributed by atoms with E-state index < -0.39 is 0 Å². The van der Waals surface area contributed by atoms with Gasteiger partial charge in [0.2, 0.25) is 0 Å². The Bertz CT molecular complexity index is 445. The zero-order valence-corrected chi connectivity index (χ0v) is 12.7. The number of aromatic nitrogens is 2. The van der Waals surface area contributed by atoms with Crippen molar-refractivity contribution >= 4 is 17.4 Å². The van der Waals surface area contributed by atoms with Gasteiger partial charge in [-0.2, -0.15) is 5.10 Å². The van der Waals surface area contributed by atoms with E-state index in [0.717, 1.165) is 24.1 Å². The van der Waals surface area contributed by atoms with Gasteiger partial charge in [-0.05, 0) is 19.8 Å². The normalized spacial score (nSPS) is 18.1. The van der Waals surface area contributed by atoms with E-state index in [1.54, 1.807) is 4.68 Å². The van der Waals surface area contributed by atoms with Crippen molar-refractivity contribution in [3.8, 4) is 0 Å². The van der Waals surface area contributed by atoms with Crippen LogP contribution in [0, 0.1) is 12.8 Å². The molecule has 1 fully saturated rings. The Morgan fingerprint density at radius 2 is 1.84 bits per heavy atom. The fraction of sp³-hybridized carbons (Fsp3) is 0.733. The number of nitrogens with zero attached hydrogens (tertiary/aromatic N) is 2. The van der Waals surface area contributed by atoms with Crippen molar-refractivity contribution in [2.75, 3.05) is 0 Å². The van der Waals surface area contributed by atoms with Gasteiger partial charge < -0.3 is 0 Å². The lowest BCUT2D eigenvalue weighted by molar-refractivity contribution is -0.122. The van der Waals surface area contributed by atoms with E-state index in [1.165, 1.54) is 32.1 Å². The number of carbonyl (C=O) groups is 1. The van der Waals surface area contributed by atoms with E-state index in [0.29, 0.717) is 17.4 Å². The summed E-state index contributed by atoms with van der Waals surface area (Å²) in [6.45, 7) is 1.92. The number of carbonyl (C=O) groups excluding carboxylic acids is 1. The van der Waals surface area contributed by atoms with Gasteiger partial charge in [-0.25, -0.2) is 0 Å². The number of rotatable bonds is 3. The van der Waals surface area contributed by atoms with Gasteiger partial charge in [0.25, 0.3) is 0 Å². The predicted octanol–water partition coefficient (Wildman–Crippen LogP) is 3.85. The van der Waals surface area contributed by atoms with Crippen LogP contribution in [0.3, 0.4) is 0 Å². The quantitative estimate of drug-likeness (QED) is 0.844. The highest BCUT2D eigenvalue weighted by atomic mass is 35.5. The van der Waals surface area contributed by atoms with Crippen molar-refractivity contribution < 1.29 is 4.79 Å². The first-order valence-electron chi connectivity index (χ1n) is 7.30. The summed E-state index contributed by atoms with van der Waals surface area (Å²) in [5.74, 6) is 0.580. The molecule has 1 aliphatic rings. The molecule has 19 heavy (non-hydrogen) atoms. The van der Waals surface area contributed by atoms with E-state index in [4.69, 9.17) is 11.6 Å². The minimum atomic E-state index is 0.232. The lowest BCUT2D eigenvalue weighted by Crippen LogP contribution is -2.18. The minimum absolute atomic E-state index is 0.232. The Morgan fingerprint density at radius 1 is 1.26 bits per heavy atom. The van der Waals surface area contributed by atoms with Crippen LogP contribution in [-0.2, 0) is 18.3 Å². The monoisotopic (exact) mass is 282 g/mol. The third-order valence-corrected chi connectivity index (χ3v) is 4.65. The molecule has 4 heteroatoms. The molecule has 1 heterocycles. The first-order chi connectivity index (χ1) is 9.09. The van der Waals surface area contributed by atoms with Gasteiger partial charge in [-0.15, -0.1) is 0 Å². The van der Waals surface area contributed by atoms with Crippen LogP contribution >= 0.6 is 11.6 Å². The summed E-state index contributed by atoms with van der Waals surface area (Å²) in [4.78, 5) is 12.5. The summed E-state index contributed by atoms with van der Waals surface area (Å²) in [6, 6.07) is 0. The Hall–Kier alpha value is -0.830. The molecule has 2 rings (SSSR count). The molecule has 1 aromatic heterocycles. The molecule has 3 nitrogen and oxygen atoms in total. The van der Waals surface area contributed by atoms with Crippen molar-refractivity contribution in [3.05, 3.63) is 16.4 Å². The van der Waals surface area contributed by atoms with E-state index in [2.05, 4.69) is 5.10 Å². The predicted molar refractivity (Wildman–Crippen MR) is 77.5 cm³/mol. The molecule has 1 aliphatic carbocycles. The minimum Gasteiger partial charge on any atom is -0.299 e.